The summed E-state index contributed by atoms with van der Waals surface area (Å²) < 4.78 is 32.7. The Morgan fingerprint density at radius 2 is 1.81 bits per heavy atom. The van der Waals surface area contributed by atoms with Crippen molar-refractivity contribution in [3.05, 3.63) is 59.7 Å². The maximum atomic E-state index is 14.0. The summed E-state index contributed by atoms with van der Waals surface area (Å²) in [6.45, 7) is 2.42. The Kier molecular flexibility index (Phi) is 5.09. The summed E-state index contributed by atoms with van der Waals surface area (Å²) in [5, 5.41) is 2.91. The van der Waals surface area contributed by atoms with E-state index < -0.39 is 11.6 Å². The zero-order valence-electron chi connectivity index (χ0n) is 16.9. The van der Waals surface area contributed by atoms with Crippen molar-refractivity contribution >= 4 is 11.9 Å². The first-order valence-corrected chi connectivity index (χ1v) is 10.5. The van der Waals surface area contributed by atoms with Gasteiger partial charge in [-0.15, -0.1) is 0 Å². The number of nitrogens with zero attached hydrogens (tertiary/aromatic N) is 2. The Labute approximate surface area is 178 Å². The monoisotopic (exact) mass is 427 g/mol. The van der Waals surface area contributed by atoms with E-state index in [1.54, 1.807) is 4.90 Å². The van der Waals surface area contributed by atoms with Crippen LogP contribution in [0.25, 0.3) is 11.1 Å². The molecule has 0 aromatic heterocycles. The number of fused-ring (bicyclic) bond motifs is 1. The minimum absolute atomic E-state index is 0.0143. The molecule has 2 atom stereocenters. The van der Waals surface area contributed by atoms with Gasteiger partial charge in [0.25, 0.3) is 0 Å². The van der Waals surface area contributed by atoms with Crippen molar-refractivity contribution in [3.63, 3.8) is 0 Å². The summed E-state index contributed by atoms with van der Waals surface area (Å²) in [7, 11) is 0. The smallest absolute Gasteiger partial charge is 0.320 e. The molecule has 0 unspecified atom stereocenters. The number of hydrogen-bond donors (Lipinski definition) is 1. The molecule has 3 saturated heterocycles. The molecule has 8 heteroatoms. The summed E-state index contributed by atoms with van der Waals surface area (Å²) in [6.07, 6.45) is 0.699. The number of nitrogens with one attached hydrogen (secondary N) is 1. The van der Waals surface area contributed by atoms with Gasteiger partial charge in [-0.25, -0.2) is 13.6 Å². The van der Waals surface area contributed by atoms with Gasteiger partial charge in [0.2, 0.25) is 5.91 Å². The SMILES string of the molecule is O=C1CO[C@H]2CCN(C(=O)N3CC(c4ccc(-c5ccc(F)cc5F)cc4)C3)C[C@H]2N1. The molecule has 0 saturated carbocycles. The number of ether oxygens (including phenoxy) is 1. The largest absolute Gasteiger partial charge is 0.366 e. The van der Waals surface area contributed by atoms with Crippen molar-refractivity contribution < 1.29 is 23.1 Å². The third kappa shape index (κ3) is 3.87. The van der Waals surface area contributed by atoms with Gasteiger partial charge < -0.3 is 19.9 Å². The topological polar surface area (TPSA) is 61.9 Å². The number of urea groups is 1. The maximum Gasteiger partial charge on any atom is 0.320 e. The van der Waals surface area contributed by atoms with E-state index in [0.29, 0.717) is 37.3 Å². The first-order chi connectivity index (χ1) is 15.0. The van der Waals surface area contributed by atoms with Crippen LogP contribution in [0.15, 0.2) is 42.5 Å². The fourth-order valence-corrected chi connectivity index (χ4v) is 4.58. The van der Waals surface area contributed by atoms with E-state index >= 15 is 0 Å². The van der Waals surface area contributed by atoms with Gasteiger partial charge in [-0.1, -0.05) is 24.3 Å². The molecule has 5 rings (SSSR count). The Balaban J connectivity index is 1.18. The predicted octanol–water partition coefficient (Wildman–Crippen LogP) is 2.74. The van der Waals surface area contributed by atoms with Gasteiger partial charge in [0.05, 0.1) is 12.1 Å². The fourth-order valence-electron chi connectivity index (χ4n) is 4.58. The highest BCUT2D eigenvalue weighted by Gasteiger charge is 2.40. The van der Waals surface area contributed by atoms with Crippen LogP contribution in [-0.4, -0.2) is 66.7 Å². The third-order valence-corrected chi connectivity index (χ3v) is 6.37. The second-order valence-electron chi connectivity index (χ2n) is 8.39. The summed E-state index contributed by atoms with van der Waals surface area (Å²) in [5.41, 5.74) is 2.13. The number of benzene rings is 2. The fraction of sp³-hybridized carbons (Fsp3) is 0.391. The first-order valence-electron chi connectivity index (χ1n) is 10.5. The molecule has 0 bridgehead atoms. The predicted molar refractivity (Wildman–Crippen MR) is 109 cm³/mol. The second-order valence-corrected chi connectivity index (χ2v) is 8.39. The molecule has 1 N–H and O–H groups in total. The van der Waals surface area contributed by atoms with Gasteiger partial charge in [-0.05, 0) is 29.7 Å². The molecule has 3 amide bonds. The Hall–Kier alpha value is -3.00. The minimum Gasteiger partial charge on any atom is -0.366 e. The zero-order chi connectivity index (χ0) is 21.5. The Morgan fingerprint density at radius 3 is 2.55 bits per heavy atom. The van der Waals surface area contributed by atoms with Crippen LogP contribution < -0.4 is 5.32 Å². The lowest BCUT2D eigenvalue weighted by molar-refractivity contribution is -0.139. The number of amides is 3. The lowest BCUT2D eigenvalue weighted by Gasteiger charge is -2.46. The van der Waals surface area contributed by atoms with Gasteiger partial charge in [-0.2, -0.15) is 0 Å². The number of halogens is 2. The highest BCUT2D eigenvalue weighted by Crippen LogP contribution is 2.31. The molecule has 2 aromatic carbocycles. The second kappa shape index (κ2) is 7.92. The first kappa shape index (κ1) is 19.9. The van der Waals surface area contributed by atoms with Gasteiger partial charge in [0.1, 0.15) is 18.2 Å². The normalized spacial score (nSPS) is 23.7. The molecule has 0 aliphatic carbocycles. The molecule has 3 aliphatic rings. The van der Waals surface area contributed by atoms with E-state index in [1.807, 2.05) is 29.2 Å². The molecule has 162 valence electrons. The molecule has 6 nitrogen and oxygen atoms in total. The molecular weight excluding hydrogens is 404 g/mol. The molecule has 0 spiro atoms. The van der Waals surface area contributed by atoms with E-state index in [1.165, 1.54) is 12.1 Å². The van der Waals surface area contributed by atoms with Crippen molar-refractivity contribution in [1.29, 1.82) is 0 Å². The van der Waals surface area contributed by atoms with Crippen LogP contribution in [0, 0.1) is 11.6 Å². The van der Waals surface area contributed by atoms with Crippen LogP contribution in [0.5, 0.6) is 0 Å². The molecule has 3 aliphatic heterocycles. The van der Waals surface area contributed by atoms with Crippen molar-refractivity contribution in [2.75, 3.05) is 32.8 Å². The molecule has 2 aromatic rings. The number of carbonyl (C=O) groups excluding carboxylic acids is 2. The van der Waals surface area contributed by atoms with E-state index in [9.17, 15) is 18.4 Å². The number of piperidine rings is 1. The third-order valence-electron chi connectivity index (χ3n) is 6.37. The maximum absolute atomic E-state index is 14.0. The number of carbonyl (C=O) groups is 2. The van der Waals surface area contributed by atoms with E-state index in [0.717, 1.165) is 18.1 Å². The lowest BCUT2D eigenvalue weighted by atomic mass is 9.90. The van der Waals surface area contributed by atoms with Crippen molar-refractivity contribution in [2.24, 2.45) is 0 Å². The van der Waals surface area contributed by atoms with Gasteiger partial charge in [-0.3, -0.25) is 4.79 Å². The highest BCUT2D eigenvalue weighted by molar-refractivity contribution is 5.79. The number of likely N-dealkylation sites (tertiary alicyclic amines) is 2. The van der Waals surface area contributed by atoms with Crippen LogP contribution in [0.1, 0.15) is 17.9 Å². The number of morpholine rings is 1. The van der Waals surface area contributed by atoms with Crippen LogP contribution in [0.3, 0.4) is 0 Å². The van der Waals surface area contributed by atoms with Crippen molar-refractivity contribution in [3.8, 4) is 11.1 Å². The number of rotatable bonds is 2. The van der Waals surface area contributed by atoms with Gasteiger partial charge >= 0.3 is 6.03 Å². The standard InChI is InChI=1S/C23H23F2N3O3/c24-17-5-6-18(19(25)9-17)15-3-1-14(2-4-15)16-10-28(11-16)23(30)27-8-7-21-20(12-27)26-22(29)13-31-21/h1-6,9,16,20-21H,7-8,10-13H2,(H,26,29)/t20-,21+/m1/s1. The summed E-state index contributed by atoms with van der Waals surface area (Å²) in [6, 6.07) is 10.9. The van der Waals surface area contributed by atoms with Crippen molar-refractivity contribution in [2.45, 2.75) is 24.5 Å². The molecule has 31 heavy (non-hydrogen) atoms. The summed E-state index contributed by atoms with van der Waals surface area (Å²) >= 11 is 0. The minimum atomic E-state index is -0.597. The highest BCUT2D eigenvalue weighted by atomic mass is 19.1. The van der Waals surface area contributed by atoms with Gasteiger partial charge in [0, 0.05) is 43.7 Å². The van der Waals surface area contributed by atoms with Crippen LogP contribution in [-0.2, 0) is 9.53 Å². The Morgan fingerprint density at radius 1 is 1.03 bits per heavy atom. The average Bonchev–Trinajstić information content (AvgIpc) is 2.73. The van der Waals surface area contributed by atoms with E-state index in [2.05, 4.69) is 5.32 Å². The summed E-state index contributed by atoms with van der Waals surface area (Å²) in [5.74, 6) is -1.09. The van der Waals surface area contributed by atoms with Crippen LogP contribution in [0.2, 0.25) is 0 Å². The molecule has 0 radical (unpaired) electrons. The average molecular weight is 427 g/mol. The van der Waals surface area contributed by atoms with Crippen LogP contribution >= 0.6 is 0 Å². The zero-order valence-corrected chi connectivity index (χ0v) is 16.9. The Bertz CT molecular complexity index is 1010. The lowest BCUT2D eigenvalue weighted by Crippen LogP contribution is -2.63. The summed E-state index contributed by atoms with van der Waals surface area (Å²) in [4.78, 5) is 28.0. The quantitative estimate of drug-likeness (QED) is 0.802. The molecule has 3 fully saturated rings. The molecular formula is C23H23F2N3O3. The van der Waals surface area contributed by atoms with Crippen molar-refractivity contribution in [1.82, 2.24) is 15.1 Å². The van der Waals surface area contributed by atoms with Crippen LogP contribution in [0.4, 0.5) is 13.6 Å². The molecule has 3 heterocycles. The number of hydrogen-bond acceptors (Lipinski definition) is 3. The van der Waals surface area contributed by atoms with E-state index in [-0.39, 0.29) is 36.6 Å². The van der Waals surface area contributed by atoms with E-state index in [4.69, 9.17) is 4.74 Å². The van der Waals surface area contributed by atoms with Gasteiger partial charge in [0.15, 0.2) is 0 Å².